The van der Waals surface area contributed by atoms with Crippen LogP contribution >= 0.6 is 0 Å². The number of hydrogen-bond acceptors (Lipinski definition) is 6. The second-order valence-corrected chi connectivity index (χ2v) is 10.2. The minimum Gasteiger partial charge on any atom is -0.463 e. The molecule has 0 bridgehead atoms. The minimum absolute atomic E-state index is 0.210. The zero-order chi connectivity index (χ0) is 26.0. The van der Waals surface area contributed by atoms with Gasteiger partial charge < -0.3 is 9.52 Å². The average Bonchev–Trinajstić information content (AvgIpc) is 3.48. The molecule has 37 heavy (non-hydrogen) atoms. The highest BCUT2D eigenvalue weighted by Gasteiger charge is 2.57. The molecule has 2 heterocycles. The summed E-state index contributed by atoms with van der Waals surface area (Å²) in [4.78, 5) is 55.2. The van der Waals surface area contributed by atoms with Gasteiger partial charge in [-0.15, -0.1) is 0 Å². The molecule has 1 aromatic carbocycles. The molecule has 4 aliphatic rings. The Labute approximate surface area is 214 Å². The SMILES string of the molecule is CCc1ccc(N2C(=O)C3CC=C4C(c5ccc(CO)o5)C5=C(CC4C3C2=O)C(=O)C(C)=CC5=O)cc1. The van der Waals surface area contributed by atoms with Crippen LogP contribution in [0.25, 0.3) is 0 Å². The number of aliphatic hydroxyl groups excluding tert-OH is 1. The number of carbonyl (C=O) groups is 4. The Bertz CT molecular complexity index is 1450. The number of fused-ring (bicyclic) bond motifs is 3. The van der Waals surface area contributed by atoms with E-state index in [4.69, 9.17) is 4.42 Å². The summed E-state index contributed by atoms with van der Waals surface area (Å²) in [6, 6.07) is 10.8. The molecule has 4 unspecified atom stereocenters. The predicted octanol–water partition coefficient (Wildman–Crippen LogP) is 3.97. The highest BCUT2D eigenvalue weighted by atomic mass is 16.4. The summed E-state index contributed by atoms with van der Waals surface area (Å²) in [6.07, 6.45) is 4.77. The summed E-state index contributed by atoms with van der Waals surface area (Å²) < 4.78 is 5.88. The van der Waals surface area contributed by atoms with Crippen LogP contribution in [0.4, 0.5) is 5.69 Å². The largest absolute Gasteiger partial charge is 0.463 e. The van der Waals surface area contributed by atoms with Gasteiger partial charge in [0.1, 0.15) is 18.1 Å². The molecular formula is C30H27NO6. The van der Waals surface area contributed by atoms with Gasteiger partial charge in [0.05, 0.1) is 23.4 Å². The molecule has 0 spiro atoms. The van der Waals surface area contributed by atoms with Crippen molar-refractivity contribution in [3.05, 3.63) is 87.9 Å². The monoisotopic (exact) mass is 497 g/mol. The van der Waals surface area contributed by atoms with Crippen molar-refractivity contribution in [2.45, 2.75) is 45.6 Å². The fourth-order valence-corrected chi connectivity index (χ4v) is 6.48. The van der Waals surface area contributed by atoms with Gasteiger partial charge in [-0.05, 0) is 68.0 Å². The molecular weight excluding hydrogens is 470 g/mol. The maximum Gasteiger partial charge on any atom is 0.238 e. The average molecular weight is 498 g/mol. The van der Waals surface area contributed by atoms with E-state index in [1.165, 1.54) is 11.0 Å². The van der Waals surface area contributed by atoms with Crippen LogP contribution in [0.15, 0.2) is 75.3 Å². The van der Waals surface area contributed by atoms with Crippen LogP contribution in [0.2, 0.25) is 0 Å². The van der Waals surface area contributed by atoms with Crippen molar-refractivity contribution in [3.63, 3.8) is 0 Å². The number of Topliss-reactive ketones (excluding diaryl/α,β-unsaturated/α-hetero) is 1. The van der Waals surface area contributed by atoms with Crippen LogP contribution in [-0.4, -0.2) is 28.5 Å². The Morgan fingerprint density at radius 2 is 1.76 bits per heavy atom. The number of furan rings is 1. The number of aryl methyl sites for hydroxylation is 1. The lowest BCUT2D eigenvalue weighted by molar-refractivity contribution is -0.123. The van der Waals surface area contributed by atoms with Crippen molar-refractivity contribution < 1.29 is 28.7 Å². The van der Waals surface area contributed by atoms with Gasteiger partial charge in [0.15, 0.2) is 11.6 Å². The molecule has 0 radical (unpaired) electrons. The van der Waals surface area contributed by atoms with E-state index in [0.717, 1.165) is 17.6 Å². The highest BCUT2D eigenvalue weighted by Crippen LogP contribution is 2.55. The topological polar surface area (TPSA) is 105 Å². The van der Waals surface area contributed by atoms with Gasteiger partial charge in [-0.2, -0.15) is 0 Å². The lowest BCUT2D eigenvalue weighted by Crippen LogP contribution is -2.39. The molecule has 3 aliphatic carbocycles. The lowest BCUT2D eigenvalue weighted by atomic mass is 9.60. The van der Waals surface area contributed by atoms with E-state index in [9.17, 15) is 24.3 Å². The van der Waals surface area contributed by atoms with E-state index in [1.54, 1.807) is 31.2 Å². The smallest absolute Gasteiger partial charge is 0.238 e. The summed E-state index contributed by atoms with van der Waals surface area (Å²) in [5, 5.41) is 9.56. The number of hydrogen-bond donors (Lipinski definition) is 1. The first-order valence-electron chi connectivity index (χ1n) is 12.7. The van der Waals surface area contributed by atoms with Crippen molar-refractivity contribution in [2.75, 3.05) is 4.90 Å². The van der Waals surface area contributed by atoms with Gasteiger partial charge in [0, 0.05) is 16.7 Å². The summed E-state index contributed by atoms with van der Waals surface area (Å²) in [5.41, 5.74) is 3.63. The number of imide groups is 1. The van der Waals surface area contributed by atoms with Crippen LogP contribution in [0.1, 0.15) is 49.7 Å². The molecule has 7 nitrogen and oxygen atoms in total. The van der Waals surface area contributed by atoms with Crippen molar-refractivity contribution in [2.24, 2.45) is 17.8 Å². The Hall–Kier alpha value is -3.84. The van der Waals surface area contributed by atoms with Crippen molar-refractivity contribution in [1.29, 1.82) is 0 Å². The Balaban J connectivity index is 1.45. The fourth-order valence-electron chi connectivity index (χ4n) is 6.48. The molecule has 1 saturated heterocycles. The molecule has 2 amide bonds. The van der Waals surface area contributed by atoms with Gasteiger partial charge in [0.2, 0.25) is 11.8 Å². The molecule has 1 aliphatic heterocycles. The highest BCUT2D eigenvalue weighted by molar-refractivity contribution is 6.25. The van der Waals surface area contributed by atoms with Crippen molar-refractivity contribution in [3.8, 4) is 0 Å². The number of aliphatic hydroxyl groups is 1. The summed E-state index contributed by atoms with van der Waals surface area (Å²) in [5.74, 6) is -2.36. The van der Waals surface area contributed by atoms with Gasteiger partial charge in [0.25, 0.3) is 0 Å². The van der Waals surface area contributed by atoms with Crippen LogP contribution < -0.4 is 4.90 Å². The predicted molar refractivity (Wildman–Crippen MR) is 134 cm³/mol. The van der Waals surface area contributed by atoms with Crippen LogP contribution in [0.3, 0.4) is 0 Å². The van der Waals surface area contributed by atoms with Crippen molar-refractivity contribution >= 4 is 29.1 Å². The molecule has 188 valence electrons. The molecule has 1 aromatic heterocycles. The zero-order valence-electron chi connectivity index (χ0n) is 20.7. The van der Waals surface area contributed by atoms with E-state index in [1.807, 2.05) is 25.1 Å². The Morgan fingerprint density at radius 1 is 1.00 bits per heavy atom. The summed E-state index contributed by atoms with van der Waals surface area (Å²) in [6.45, 7) is 3.37. The third-order valence-corrected chi connectivity index (χ3v) is 8.29. The number of anilines is 1. The van der Waals surface area contributed by atoms with Gasteiger partial charge in [-0.25, -0.2) is 0 Å². The van der Waals surface area contributed by atoms with E-state index >= 15 is 0 Å². The van der Waals surface area contributed by atoms with Gasteiger partial charge >= 0.3 is 0 Å². The molecule has 1 fully saturated rings. The van der Waals surface area contributed by atoms with Crippen LogP contribution in [-0.2, 0) is 32.2 Å². The minimum atomic E-state index is -0.642. The first-order chi connectivity index (χ1) is 17.8. The summed E-state index contributed by atoms with van der Waals surface area (Å²) in [7, 11) is 0. The van der Waals surface area contributed by atoms with Gasteiger partial charge in [-0.3, -0.25) is 24.1 Å². The molecule has 6 rings (SSSR count). The van der Waals surface area contributed by atoms with E-state index < -0.39 is 23.7 Å². The number of carbonyl (C=O) groups excluding carboxylic acids is 4. The standard InChI is InChI=1S/C30H27NO6/c1-3-16-4-6-17(7-5-16)31-29(35)20-10-9-19-21(25(20)30(31)36)13-22-26(23(33)12-15(2)28(22)34)27(19)24-11-8-18(14-32)37-24/h4-9,11-12,20-21,25,27,32H,3,10,13-14H2,1-2H3. The molecule has 1 N–H and O–H groups in total. The van der Waals surface area contributed by atoms with E-state index in [-0.39, 0.29) is 36.4 Å². The molecule has 0 saturated carbocycles. The quantitative estimate of drug-likeness (QED) is 0.389. The maximum atomic E-state index is 13.9. The van der Waals surface area contributed by atoms with Crippen molar-refractivity contribution in [1.82, 2.24) is 0 Å². The first kappa shape index (κ1) is 23.6. The lowest BCUT2D eigenvalue weighted by Gasteiger charge is -2.41. The number of amides is 2. The van der Waals surface area contributed by atoms with Crippen LogP contribution in [0, 0.1) is 17.8 Å². The second-order valence-electron chi connectivity index (χ2n) is 10.2. The number of benzene rings is 1. The molecule has 4 atom stereocenters. The Morgan fingerprint density at radius 3 is 2.43 bits per heavy atom. The molecule has 7 heteroatoms. The second kappa shape index (κ2) is 8.63. The fraction of sp³-hybridized carbons (Fsp3) is 0.333. The third kappa shape index (κ3) is 3.44. The zero-order valence-corrected chi connectivity index (χ0v) is 20.7. The summed E-state index contributed by atoms with van der Waals surface area (Å²) >= 11 is 0. The number of nitrogens with zero attached hydrogens (tertiary/aromatic N) is 1. The number of rotatable bonds is 4. The Kier molecular flexibility index (Phi) is 5.49. The van der Waals surface area contributed by atoms with Gasteiger partial charge in [-0.1, -0.05) is 30.7 Å². The van der Waals surface area contributed by atoms with E-state index in [0.29, 0.717) is 40.3 Å². The van der Waals surface area contributed by atoms with E-state index in [2.05, 4.69) is 0 Å². The van der Waals surface area contributed by atoms with Crippen LogP contribution in [0.5, 0.6) is 0 Å². The normalized spacial score (nSPS) is 27.2. The number of allylic oxidation sites excluding steroid dienone is 6. The maximum absolute atomic E-state index is 13.9. The third-order valence-electron chi connectivity index (χ3n) is 8.29. The number of ketones is 2. The molecule has 2 aromatic rings. The first-order valence-corrected chi connectivity index (χ1v) is 12.7.